The Labute approximate surface area is 125 Å². The number of rotatable bonds is 3. The fourth-order valence-electron chi connectivity index (χ4n) is 2.27. The number of fused-ring (bicyclic) bond motifs is 1. The van der Waals surface area contributed by atoms with E-state index < -0.39 is 0 Å². The summed E-state index contributed by atoms with van der Waals surface area (Å²) in [7, 11) is 1.53. The van der Waals surface area contributed by atoms with Crippen LogP contribution in [0.2, 0.25) is 0 Å². The first-order valence-electron chi connectivity index (χ1n) is 6.60. The monoisotopic (exact) mass is 293 g/mol. The summed E-state index contributed by atoms with van der Waals surface area (Å²) in [5, 5.41) is 7.77. The number of furan rings is 1. The summed E-state index contributed by atoms with van der Waals surface area (Å²) in [4.78, 5) is 13.0. The Kier molecular flexibility index (Phi) is 2.82. The van der Waals surface area contributed by atoms with E-state index in [4.69, 9.17) is 9.15 Å². The van der Waals surface area contributed by atoms with Gasteiger partial charge in [-0.25, -0.2) is 9.97 Å². The van der Waals surface area contributed by atoms with Gasteiger partial charge in [-0.2, -0.15) is 10.1 Å². The van der Waals surface area contributed by atoms with Gasteiger partial charge in [-0.05, 0) is 24.3 Å². The molecule has 0 unspecified atom stereocenters. The summed E-state index contributed by atoms with van der Waals surface area (Å²) >= 11 is 0. The van der Waals surface area contributed by atoms with Crippen LogP contribution in [0.25, 0.3) is 33.7 Å². The lowest BCUT2D eigenvalue weighted by atomic mass is 10.1. The molecule has 22 heavy (non-hydrogen) atoms. The summed E-state index contributed by atoms with van der Waals surface area (Å²) in [6, 6.07) is 7.74. The Hall–Kier alpha value is -3.22. The molecule has 108 valence electrons. The average molecular weight is 293 g/mol. The summed E-state index contributed by atoms with van der Waals surface area (Å²) in [5.74, 6) is 0.657. The van der Waals surface area contributed by atoms with Gasteiger partial charge in [-0.1, -0.05) is 0 Å². The molecule has 1 N–H and O–H groups in total. The molecule has 7 nitrogen and oxygen atoms in total. The third-order valence-corrected chi connectivity index (χ3v) is 3.27. The zero-order valence-corrected chi connectivity index (χ0v) is 11.6. The van der Waals surface area contributed by atoms with Crippen molar-refractivity contribution < 1.29 is 9.15 Å². The molecule has 0 amide bonds. The Morgan fingerprint density at radius 2 is 2.18 bits per heavy atom. The van der Waals surface area contributed by atoms with Crippen LogP contribution in [0.1, 0.15) is 0 Å². The topological polar surface area (TPSA) is 89.7 Å². The lowest BCUT2D eigenvalue weighted by Gasteiger charge is -2.07. The van der Waals surface area contributed by atoms with Gasteiger partial charge < -0.3 is 9.15 Å². The standard InChI is InChI=1S/C15H11N5O2/c1-21-15-16-5-4-11(18-15)10-7-9-8-17-20-14(9)19-13(10)12-3-2-6-22-12/h2-8H,1H3,(H,17,19,20). The van der Waals surface area contributed by atoms with Crippen molar-refractivity contribution in [2.75, 3.05) is 7.11 Å². The molecule has 0 aliphatic rings. The summed E-state index contributed by atoms with van der Waals surface area (Å²) in [5.41, 5.74) is 2.90. The van der Waals surface area contributed by atoms with Crippen molar-refractivity contribution in [3.8, 4) is 28.7 Å². The van der Waals surface area contributed by atoms with Crippen molar-refractivity contribution in [3.05, 3.63) is 42.9 Å². The summed E-state index contributed by atoms with van der Waals surface area (Å²) in [6.45, 7) is 0. The Morgan fingerprint density at radius 3 is 3.00 bits per heavy atom. The number of hydrogen-bond donors (Lipinski definition) is 1. The number of nitrogens with one attached hydrogen (secondary N) is 1. The smallest absolute Gasteiger partial charge is 0.316 e. The maximum atomic E-state index is 5.49. The number of hydrogen-bond acceptors (Lipinski definition) is 6. The van der Waals surface area contributed by atoms with Crippen molar-refractivity contribution in [3.63, 3.8) is 0 Å². The number of methoxy groups -OCH3 is 1. The number of aromatic nitrogens is 5. The second-order valence-corrected chi connectivity index (χ2v) is 4.60. The van der Waals surface area contributed by atoms with Gasteiger partial charge in [0.05, 0.1) is 25.3 Å². The zero-order valence-electron chi connectivity index (χ0n) is 11.6. The van der Waals surface area contributed by atoms with E-state index >= 15 is 0 Å². The van der Waals surface area contributed by atoms with Gasteiger partial charge in [0.25, 0.3) is 0 Å². The fraction of sp³-hybridized carbons (Fsp3) is 0.0667. The minimum Gasteiger partial charge on any atom is -0.467 e. The molecule has 0 aromatic carbocycles. The SMILES string of the molecule is COc1nccc(-c2cc3cn[nH]c3nc2-c2ccco2)n1. The molecule has 0 bridgehead atoms. The maximum Gasteiger partial charge on any atom is 0.316 e. The predicted octanol–water partition coefficient (Wildman–Crippen LogP) is 2.68. The minimum absolute atomic E-state index is 0.301. The van der Waals surface area contributed by atoms with Crippen LogP contribution in [-0.2, 0) is 0 Å². The highest BCUT2D eigenvalue weighted by Crippen LogP contribution is 2.32. The number of pyridine rings is 1. The molecule has 4 aromatic rings. The highest BCUT2D eigenvalue weighted by molar-refractivity contribution is 5.87. The first kappa shape index (κ1) is 12.5. The molecular weight excluding hydrogens is 282 g/mol. The molecule has 0 atom stereocenters. The predicted molar refractivity (Wildman–Crippen MR) is 79.2 cm³/mol. The van der Waals surface area contributed by atoms with Crippen molar-refractivity contribution >= 4 is 11.0 Å². The largest absolute Gasteiger partial charge is 0.467 e. The molecule has 4 heterocycles. The second kappa shape index (κ2) is 4.96. The lowest BCUT2D eigenvalue weighted by Crippen LogP contribution is -1.95. The van der Waals surface area contributed by atoms with E-state index in [9.17, 15) is 0 Å². The van der Waals surface area contributed by atoms with Gasteiger partial charge in [0.15, 0.2) is 11.4 Å². The van der Waals surface area contributed by atoms with Crippen LogP contribution < -0.4 is 4.74 Å². The van der Waals surface area contributed by atoms with E-state index in [0.29, 0.717) is 28.8 Å². The molecule has 7 heteroatoms. The van der Waals surface area contributed by atoms with Gasteiger partial charge in [-0.15, -0.1) is 0 Å². The van der Waals surface area contributed by atoms with Crippen molar-refractivity contribution in [2.45, 2.75) is 0 Å². The highest BCUT2D eigenvalue weighted by atomic mass is 16.5. The van der Waals surface area contributed by atoms with E-state index in [2.05, 4.69) is 25.1 Å². The maximum absolute atomic E-state index is 5.49. The third kappa shape index (κ3) is 1.99. The van der Waals surface area contributed by atoms with Crippen LogP contribution in [0, 0.1) is 0 Å². The molecule has 0 fully saturated rings. The normalized spacial score (nSPS) is 11.0. The first-order valence-corrected chi connectivity index (χ1v) is 6.60. The lowest BCUT2D eigenvalue weighted by molar-refractivity contribution is 0.380. The quantitative estimate of drug-likeness (QED) is 0.624. The summed E-state index contributed by atoms with van der Waals surface area (Å²) < 4.78 is 10.6. The minimum atomic E-state index is 0.301. The van der Waals surface area contributed by atoms with E-state index in [1.54, 1.807) is 24.7 Å². The average Bonchev–Trinajstić information content (AvgIpc) is 3.24. The summed E-state index contributed by atoms with van der Waals surface area (Å²) in [6.07, 6.45) is 4.97. The molecule has 0 saturated carbocycles. The van der Waals surface area contributed by atoms with E-state index in [-0.39, 0.29) is 0 Å². The first-order chi connectivity index (χ1) is 10.8. The van der Waals surface area contributed by atoms with Crippen LogP contribution in [0.15, 0.2) is 47.3 Å². The molecule has 0 aliphatic carbocycles. The van der Waals surface area contributed by atoms with E-state index in [1.807, 2.05) is 18.2 Å². The molecular formula is C15H11N5O2. The molecule has 0 aliphatic heterocycles. The van der Waals surface area contributed by atoms with E-state index in [0.717, 1.165) is 10.9 Å². The van der Waals surface area contributed by atoms with Crippen LogP contribution in [0.4, 0.5) is 0 Å². The highest BCUT2D eigenvalue weighted by Gasteiger charge is 2.16. The zero-order chi connectivity index (χ0) is 14.9. The van der Waals surface area contributed by atoms with Crippen molar-refractivity contribution in [1.29, 1.82) is 0 Å². The van der Waals surface area contributed by atoms with E-state index in [1.165, 1.54) is 7.11 Å². The molecule has 4 rings (SSSR count). The van der Waals surface area contributed by atoms with Crippen molar-refractivity contribution in [1.82, 2.24) is 25.1 Å². The van der Waals surface area contributed by atoms with Crippen LogP contribution in [-0.4, -0.2) is 32.3 Å². The van der Waals surface area contributed by atoms with Crippen LogP contribution in [0.5, 0.6) is 6.01 Å². The third-order valence-electron chi connectivity index (χ3n) is 3.27. The molecule has 0 radical (unpaired) electrons. The number of H-pyrrole nitrogens is 1. The van der Waals surface area contributed by atoms with Gasteiger partial charge in [-0.3, -0.25) is 5.10 Å². The van der Waals surface area contributed by atoms with Crippen LogP contribution in [0.3, 0.4) is 0 Å². The van der Waals surface area contributed by atoms with Crippen molar-refractivity contribution in [2.24, 2.45) is 0 Å². The molecule has 0 saturated heterocycles. The Bertz CT molecular complexity index is 930. The molecule has 4 aromatic heterocycles. The van der Waals surface area contributed by atoms with Crippen LogP contribution >= 0.6 is 0 Å². The number of aromatic amines is 1. The molecule has 0 spiro atoms. The number of nitrogens with zero attached hydrogens (tertiary/aromatic N) is 4. The fourth-order valence-corrected chi connectivity index (χ4v) is 2.27. The number of ether oxygens (including phenoxy) is 1. The van der Waals surface area contributed by atoms with Gasteiger partial charge in [0.2, 0.25) is 0 Å². The second-order valence-electron chi connectivity index (χ2n) is 4.60. The van der Waals surface area contributed by atoms with Gasteiger partial charge in [0.1, 0.15) is 5.69 Å². The van der Waals surface area contributed by atoms with Gasteiger partial charge >= 0.3 is 6.01 Å². The Balaban J connectivity index is 2.00. The Morgan fingerprint density at radius 1 is 1.23 bits per heavy atom. The van der Waals surface area contributed by atoms with Gasteiger partial charge in [0, 0.05) is 17.1 Å².